The summed E-state index contributed by atoms with van der Waals surface area (Å²) in [5.41, 5.74) is 0. The Morgan fingerprint density at radius 2 is 1.50 bits per heavy atom. The first-order chi connectivity index (χ1) is 12.6. The first kappa shape index (κ1) is 25.2. The first-order valence-electron chi connectivity index (χ1n) is 9.75. The van der Waals surface area contributed by atoms with Gasteiger partial charge >= 0.3 is 18.1 Å². The van der Waals surface area contributed by atoms with Crippen LogP contribution in [0, 0.1) is 5.92 Å². The number of rotatable bonds is 7. The van der Waals surface area contributed by atoms with Crippen LogP contribution in [0.25, 0.3) is 0 Å². The van der Waals surface area contributed by atoms with Crippen molar-refractivity contribution in [1.82, 2.24) is 4.57 Å². The Hall–Kier alpha value is -0.876. The van der Waals surface area contributed by atoms with E-state index >= 15 is 0 Å². The largest absolute Gasteiger partial charge is 0.470 e. The summed E-state index contributed by atoms with van der Waals surface area (Å²) < 4.78 is 52.3. The van der Waals surface area contributed by atoms with E-state index in [2.05, 4.69) is 0 Å². The van der Waals surface area contributed by atoms with E-state index in [9.17, 15) is 22.8 Å². The molecule has 0 saturated heterocycles. The summed E-state index contributed by atoms with van der Waals surface area (Å²) in [6, 6.07) is -1.39. The number of amides is 1. The van der Waals surface area contributed by atoms with Crippen LogP contribution in [0.2, 0.25) is 39.3 Å². The van der Waals surface area contributed by atoms with Gasteiger partial charge in [0.15, 0.2) is 16.6 Å². The Morgan fingerprint density at radius 3 is 1.86 bits per heavy atom. The molecule has 0 aliphatic heterocycles. The summed E-state index contributed by atoms with van der Waals surface area (Å²) in [6.45, 7) is 10.7. The highest BCUT2D eigenvalue weighted by atomic mass is 28.4. The molecule has 2 unspecified atom stereocenters. The van der Waals surface area contributed by atoms with Crippen LogP contribution in [-0.4, -0.2) is 58.4 Å². The van der Waals surface area contributed by atoms with Gasteiger partial charge in [-0.1, -0.05) is 38.9 Å². The van der Waals surface area contributed by atoms with Crippen molar-refractivity contribution in [2.24, 2.45) is 5.92 Å². The summed E-state index contributed by atoms with van der Waals surface area (Å²) in [4.78, 5) is 25.2. The lowest BCUT2D eigenvalue weighted by molar-refractivity contribution is -0.187. The third-order valence-corrected chi connectivity index (χ3v) is 7.73. The molecule has 0 aromatic heterocycles. The van der Waals surface area contributed by atoms with E-state index in [4.69, 9.17) is 9.16 Å². The number of esters is 1. The normalized spacial score (nSPS) is 19.1. The van der Waals surface area contributed by atoms with E-state index in [-0.39, 0.29) is 5.92 Å². The van der Waals surface area contributed by atoms with Gasteiger partial charge in [-0.15, -0.1) is 0 Å². The van der Waals surface area contributed by atoms with Crippen molar-refractivity contribution in [3.8, 4) is 0 Å². The average Bonchev–Trinajstić information content (AvgIpc) is 2.54. The lowest BCUT2D eigenvalue weighted by Crippen LogP contribution is -2.66. The highest BCUT2D eigenvalue weighted by molar-refractivity contribution is 6.75. The van der Waals surface area contributed by atoms with Crippen LogP contribution in [-0.2, 0) is 18.8 Å². The molecule has 10 heteroatoms. The summed E-state index contributed by atoms with van der Waals surface area (Å²) >= 11 is 0. The zero-order valence-corrected chi connectivity index (χ0v) is 20.0. The Bertz CT molecular complexity index is 553. The number of nitrogens with zero attached hydrogens (tertiary/aromatic N) is 1. The second-order valence-corrected chi connectivity index (χ2v) is 18.7. The predicted molar refractivity (Wildman–Crippen MR) is 107 cm³/mol. The van der Waals surface area contributed by atoms with Crippen molar-refractivity contribution in [2.75, 3.05) is 7.11 Å². The van der Waals surface area contributed by atoms with Crippen molar-refractivity contribution in [1.29, 1.82) is 0 Å². The predicted octanol–water partition coefficient (Wildman–Crippen LogP) is 4.55. The Labute approximate surface area is 168 Å². The molecule has 0 aromatic rings. The fraction of sp³-hybridized carbons (Fsp3) is 0.889. The monoisotopic (exact) mass is 441 g/mol. The number of halogens is 3. The Balaban J connectivity index is 3.53. The summed E-state index contributed by atoms with van der Waals surface area (Å²) in [5, 5.41) is 0. The molecule has 1 rings (SSSR count). The van der Waals surface area contributed by atoms with E-state index < -0.39 is 46.8 Å². The van der Waals surface area contributed by atoms with Crippen LogP contribution in [0.15, 0.2) is 0 Å². The smallest absolute Gasteiger partial charge is 0.467 e. The van der Waals surface area contributed by atoms with Crippen LogP contribution in [0.1, 0.15) is 32.1 Å². The molecule has 0 bridgehead atoms. The number of ether oxygens (including phenoxy) is 1. The van der Waals surface area contributed by atoms with Gasteiger partial charge in [0.1, 0.15) is 6.04 Å². The van der Waals surface area contributed by atoms with Crippen molar-refractivity contribution < 1.29 is 31.9 Å². The maximum absolute atomic E-state index is 13.4. The van der Waals surface area contributed by atoms with E-state index in [1.807, 2.05) is 19.6 Å². The molecular weight excluding hydrogens is 407 g/mol. The first-order valence-corrected chi connectivity index (χ1v) is 16.6. The van der Waals surface area contributed by atoms with Crippen LogP contribution in [0.4, 0.5) is 13.2 Å². The van der Waals surface area contributed by atoms with Gasteiger partial charge in [-0.2, -0.15) is 13.2 Å². The lowest BCUT2D eigenvalue weighted by atomic mass is 9.82. The topological polar surface area (TPSA) is 55.8 Å². The zero-order chi connectivity index (χ0) is 21.9. The molecule has 0 heterocycles. The van der Waals surface area contributed by atoms with Crippen LogP contribution >= 0.6 is 0 Å². The number of hydrogen-bond acceptors (Lipinski definition) is 4. The number of hydrogen-bond donors (Lipinski definition) is 0. The van der Waals surface area contributed by atoms with E-state index in [1.54, 1.807) is 19.6 Å². The minimum absolute atomic E-state index is 0.0792. The van der Waals surface area contributed by atoms with Crippen LogP contribution < -0.4 is 0 Å². The molecule has 0 spiro atoms. The lowest BCUT2D eigenvalue weighted by Gasteiger charge is -2.46. The molecule has 164 valence electrons. The summed E-state index contributed by atoms with van der Waals surface area (Å²) in [5.74, 6) is -2.90. The fourth-order valence-corrected chi connectivity index (χ4v) is 6.74. The van der Waals surface area contributed by atoms with E-state index in [0.717, 1.165) is 43.8 Å². The highest BCUT2D eigenvalue weighted by Gasteiger charge is 2.54. The van der Waals surface area contributed by atoms with Crippen molar-refractivity contribution in [2.45, 2.75) is 89.7 Å². The summed E-state index contributed by atoms with van der Waals surface area (Å²) in [6.07, 6.45) is -1.40. The summed E-state index contributed by atoms with van der Waals surface area (Å²) in [7, 11) is -3.99. The maximum atomic E-state index is 13.4. The SMILES string of the molecule is COC(=O)C(C(O[Si](C)(C)C)C1CCCCC1)N(C(=O)C(F)(F)F)[Si](C)(C)C. The number of methoxy groups -OCH3 is 1. The number of carbonyl (C=O) groups is 2. The van der Waals surface area contributed by atoms with Gasteiger partial charge in [0.2, 0.25) is 0 Å². The zero-order valence-electron chi connectivity index (χ0n) is 18.0. The van der Waals surface area contributed by atoms with Crippen LogP contribution in [0.3, 0.4) is 0 Å². The second kappa shape index (κ2) is 9.29. The standard InChI is InChI=1S/C18H34F3NO4Si2/c1-25-16(23)14(22(27(2,3)4)17(24)18(19,20)21)15(26-28(5,6)7)13-11-9-8-10-12-13/h13-15H,8-12H2,1-7H3. The molecule has 1 saturated carbocycles. The molecule has 1 fully saturated rings. The highest BCUT2D eigenvalue weighted by Crippen LogP contribution is 2.36. The van der Waals surface area contributed by atoms with E-state index in [0.29, 0.717) is 0 Å². The molecule has 1 aliphatic rings. The van der Waals surface area contributed by atoms with Gasteiger partial charge in [-0.05, 0) is 38.4 Å². The maximum Gasteiger partial charge on any atom is 0.470 e. The van der Waals surface area contributed by atoms with Gasteiger partial charge in [0.05, 0.1) is 13.2 Å². The molecular formula is C18H34F3NO4Si2. The van der Waals surface area contributed by atoms with Gasteiger partial charge in [-0.3, -0.25) is 4.79 Å². The Morgan fingerprint density at radius 1 is 1.00 bits per heavy atom. The van der Waals surface area contributed by atoms with Crippen molar-refractivity contribution in [3.63, 3.8) is 0 Å². The molecule has 0 N–H and O–H groups in total. The second-order valence-electron chi connectivity index (χ2n) is 9.40. The van der Waals surface area contributed by atoms with Gasteiger partial charge in [0, 0.05) is 0 Å². The quantitative estimate of drug-likeness (QED) is 0.429. The number of carbonyl (C=O) groups excluding carboxylic acids is 2. The van der Waals surface area contributed by atoms with Crippen molar-refractivity contribution in [3.05, 3.63) is 0 Å². The fourth-order valence-electron chi connectivity index (χ4n) is 3.78. The molecule has 0 radical (unpaired) electrons. The van der Waals surface area contributed by atoms with Gasteiger partial charge < -0.3 is 13.7 Å². The molecule has 5 nitrogen and oxygen atoms in total. The Kier molecular flexibility index (Phi) is 8.35. The van der Waals surface area contributed by atoms with Gasteiger partial charge in [0.25, 0.3) is 0 Å². The van der Waals surface area contributed by atoms with Crippen molar-refractivity contribution >= 4 is 28.4 Å². The van der Waals surface area contributed by atoms with E-state index in [1.165, 1.54) is 0 Å². The average molecular weight is 442 g/mol. The van der Waals surface area contributed by atoms with Gasteiger partial charge in [-0.25, -0.2) is 4.79 Å². The third-order valence-electron chi connectivity index (χ3n) is 4.82. The van der Waals surface area contributed by atoms with Crippen LogP contribution in [0.5, 0.6) is 0 Å². The molecule has 0 aromatic carbocycles. The number of alkyl halides is 3. The minimum atomic E-state index is -5.07. The molecule has 1 amide bonds. The molecule has 28 heavy (non-hydrogen) atoms. The minimum Gasteiger partial charge on any atom is -0.467 e. The molecule has 2 atom stereocenters. The third kappa shape index (κ3) is 6.87. The molecule has 1 aliphatic carbocycles.